The zero-order chi connectivity index (χ0) is 38.1. The summed E-state index contributed by atoms with van der Waals surface area (Å²) in [5, 5.41) is 0. The molecule has 0 bridgehead atoms. The quantitative estimate of drug-likeness (QED) is 0.120. The molecule has 0 aromatic heterocycles. The zero-order valence-corrected chi connectivity index (χ0v) is 31.9. The van der Waals surface area contributed by atoms with Gasteiger partial charge in [-0.05, 0) is 123 Å². The van der Waals surface area contributed by atoms with Crippen LogP contribution in [0.5, 0.6) is 0 Å². The molecule has 1 nitrogen and oxygen atoms in total. The number of rotatable bonds is 11. The van der Waals surface area contributed by atoms with E-state index >= 15 is 0 Å². The van der Waals surface area contributed by atoms with Gasteiger partial charge in [-0.15, -0.1) is 0 Å². The van der Waals surface area contributed by atoms with E-state index in [0.29, 0.717) is 0 Å². The Bertz CT molecular complexity index is 2530. The number of benzene rings is 7. The molecule has 1 aliphatic carbocycles. The highest BCUT2D eigenvalue weighted by Gasteiger charge is 2.18. The molecule has 0 aliphatic heterocycles. The van der Waals surface area contributed by atoms with Gasteiger partial charge in [0.05, 0.1) is 0 Å². The van der Waals surface area contributed by atoms with Gasteiger partial charge in [0.25, 0.3) is 0 Å². The standard InChI is InChI=1S/C55H45N/c1-3-5-15-41(4-2)44-30-34-51(35-31-44)56(52-36-32-48(33-37-52)43-18-11-7-12-19-43)53-38-39-54(55(40-53)49-20-13-8-14-21-49)50-28-26-47(27-29-50)46-24-22-45(23-25-46)42-16-9-6-10-17-42/h3-13,15-20,22-40H,1,14,21H2,2H3/b15-5-,41-4+. The van der Waals surface area contributed by atoms with E-state index < -0.39 is 0 Å². The third kappa shape index (κ3) is 7.94. The fourth-order valence-corrected chi connectivity index (χ4v) is 7.56. The number of hydrogen-bond acceptors (Lipinski definition) is 1. The van der Waals surface area contributed by atoms with Gasteiger partial charge in [0.2, 0.25) is 0 Å². The summed E-state index contributed by atoms with van der Waals surface area (Å²) in [6.45, 7) is 5.93. The second kappa shape index (κ2) is 17.0. The van der Waals surface area contributed by atoms with Crippen molar-refractivity contribution in [2.24, 2.45) is 0 Å². The minimum atomic E-state index is 1.00. The lowest BCUT2D eigenvalue weighted by Crippen LogP contribution is -2.10. The van der Waals surface area contributed by atoms with Crippen molar-refractivity contribution in [2.45, 2.75) is 19.8 Å². The van der Waals surface area contributed by atoms with Gasteiger partial charge in [0, 0.05) is 17.1 Å². The largest absolute Gasteiger partial charge is 0.310 e. The number of allylic oxidation sites excluding steroid dienone is 9. The summed E-state index contributed by atoms with van der Waals surface area (Å²) < 4.78 is 0. The van der Waals surface area contributed by atoms with Crippen molar-refractivity contribution in [2.75, 3.05) is 4.90 Å². The van der Waals surface area contributed by atoms with E-state index in [0.717, 1.165) is 35.5 Å². The van der Waals surface area contributed by atoms with Gasteiger partial charge in [-0.3, -0.25) is 0 Å². The van der Waals surface area contributed by atoms with Crippen LogP contribution in [-0.2, 0) is 0 Å². The van der Waals surface area contributed by atoms with Gasteiger partial charge in [0.1, 0.15) is 0 Å². The minimum Gasteiger partial charge on any atom is -0.310 e. The molecule has 8 rings (SSSR count). The van der Waals surface area contributed by atoms with Crippen LogP contribution in [-0.4, -0.2) is 0 Å². The van der Waals surface area contributed by atoms with E-state index in [9.17, 15) is 0 Å². The molecule has 0 saturated carbocycles. The molecule has 0 amide bonds. The van der Waals surface area contributed by atoms with Crippen molar-refractivity contribution >= 4 is 28.2 Å². The van der Waals surface area contributed by atoms with Crippen molar-refractivity contribution in [3.63, 3.8) is 0 Å². The summed E-state index contributed by atoms with van der Waals surface area (Å²) in [5.41, 5.74) is 18.0. The Balaban J connectivity index is 1.18. The number of nitrogens with zero attached hydrogens (tertiary/aromatic N) is 1. The van der Waals surface area contributed by atoms with Crippen LogP contribution >= 0.6 is 0 Å². The molecular formula is C55H45N. The van der Waals surface area contributed by atoms with Crippen LogP contribution in [0.4, 0.5) is 17.1 Å². The first-order valence-corrected chi connectivity index (χ1v) is 19.5. The summed E-state index contributed by atoms with van der Waals surface area (Å²) in [6, 6.07) is 63.8. The van der Waals surface area contributed by atoms with Gasteiger partial charge in [-0.25, -0.2) is 0 Å². The molecule has 0 radical (unpaired) electrons. The predicted molar refractivity (Wildman–Crippen MR) is 242 cm³/mol. The first kappa shape index (κ1) is 36.0. The van der Waals surface area contributed by atoms with Gasteiger partial charge >= 0.3 is 0 Å². The number of anilines is 3. The lowest BCUT2D eigenvalue weighted by Gasteiger charge is -2.28. The molecule has 7 aromatic carbocycles. The van der Waals surface area contributed by atoms with Gasteiger partial charge in [-0.2, -0.15) is 0 Å². The van der Waals surface area contributed by atoms with Crippen molar-refractivity contribution in [1.82, 2.24) is 0 Å². The topological polar surface area (TPSA) is 3.24 Å². The Kier molecular flexibility index (Phi) is 11.0. The van der Waals surface area contributed by atoms with Crippen LogP contribution in [0, 0.1) is 0 Å². The van der Waals surface area contributed by atoms with Crippen LogP contribution in [0.2, 0.25) is 0 Å². The SMILES string of the molecule is C=C/C=C\C(=C/C)c1ccc(N(c2ccc(-c3ccccc3)cc2)c2ccc(-c3ccc(-c4ccc(-c5ccccc5)cc4)cc3)c(C3=CC=CCC3)c2)cc1. The molecule has 0 fully saturated rings. The highest BCUT2D eigenvalue weighted by molar-refractivity contribution is 5.89. The monoisotopic (exact) mass is 719 g/mol. The fourth-order valence-electron chi connectivity index (χ4n) is 7.56. The van der Waals surface area contributed by atoms with Gasteiger partial charge < -0.3 is 4.90 Å². The molecule has 1 aliphatic rings. The van der Waals surface area contributed by atoms with Crippen LogP contribution in [0.3, 0.4) is 0 Å². The molecule has 56 heavy (non-hydrogen) atoms. The van der Waals surface area contributed by atoms with E-state index in [1.807, 2.05) is 12.2 Å². The Hall–Kier alpha value is -6.96. The van der Waals surface area contributed by atoms with E-state index in [1.165, 1.54) is 61.2 Å². The van der Waals surface area contributed by atoms with Crippen LogP contribution in [0.15, 0.2) is 225 Å². The van der Waals surface area contributed by atoms with Crippen molar-refractivity contribution in [3.05, 3.63) is 236 Å². The van der Waals surface area contributed by atoms with E-state index in [4.69, 9.17) is 0 Å². The molecule has 0 saturated heterocycles. The summed E-state index contributed by atoms with van der Waals surface area (Å²) in [4.78, 5) is 2.38. The van der Waals surface area contributed by atoms with Gasteiger partial charge in [-0.1, -0.05) is 189 Å². The Morgan fingerprint density at radius 3 is 1.50 bits per heavy atom. The van der Waals surface area contributed by atoms with Crippen LogP contribution in [0.25, 0.3) is 55.7 Å². The second-order valence-electron chi connectivity index (χ2n) is 14.0. The van der Waals surface area contributed by atoms with Crippen LogP contribution < -0.4 is 4.90 Å². The molecule has 0 unspecified atom stereocenters. The molecule has 0 heterocycles. The average Bonchev–Trinajstić information content (AvgIpc) is 3.28. The van der Waals surface area contributed by atoms with E-state index in [2.05, 4.69) is 225 Å². The average molecular weight is 720 g/mol. The molecule has 270 valence electrons. The lowest BCUT2D eigenvalue weighted by atomic mass is 9.89. The summed E-state index contributed by atoms with van der Waals surface area (Å²) in [5.74, 6) is 0. The highest BCUT2D eigenvalue weighted by Crippen LogP contribution is 2.42. The van der Waals surface area contributed by atoms with Crippen molar-refractivity contribution in [3.8, 4) is 44.5 Å². The van der Waals surface area contributed by atoms with E-state index in [-0.39, 0.29) is 0 Å². The third-order valence-corrected chi connectivity index (χ3v) is 10.6. The fraction of sp³-hybridized carbons (Fsp3) is 0.0545. The summed E-state index contributed by atoms with van der Waals surface area (Å²) in [6.07, 6.45) is 16.8. The van der Waals surface area contributed by atoms with Crippen molar-refractivity contribution in [1.29, 1.82) is 0 Å². The molecule has 0 N–H and O–H groups in total. The lowest BCUT2D eigenvalue weighted by molar-refractivity contribution is 1.05. The Morgan fingerprint density at radius 2 is 1.00 bits per heavy atom. The van der Waals surface area contributed by atoms with Crippen molar-refractivity contribution < 1.29 is 0 Å². The van der Waals surface area contributed by atoms with Gasteiger partial charge in [0.15, 0.2) is 0 Å². The maximum atomic E-state index is 3.86. The smallest absolute Gasteiger partial charge is 0.0468 e. The predicted octanol–water partition coefficient (Wildman–Crippen LogP) is 15.7. The van der Waals surface area contributed by atoms with Crippen LogP contribution in [0.1, 0.15) is 30.9 Å². The Morgan fingerprint density at radius 1 is 0.518 bits per heavy atom. The molecule has 0 spiro atoms. The minimum absolute atomic E-state index is 1.00. The maximum Gasteiger partial charge on any atom is 0.0468 e. The third-order valence-electron chi connectivity index (χ3n) is 10.6. The zero-order valence-electron chi connectivity index (χ0n) is 31.9. The first-order valence-electron chi connectivity index (χ1n) is 19.5. The van der Waals surface area contributed by atoms with E-state index in [1.54, 1.807) is 0 Å². The second-order valence-corrected chi connectivity index (χ2v) is 14.0. The normalized spacial score (nSPS) is 12.7. The first-order chi connectivity index (χ1) is 27.7. The highest BCUT2D eigenvalue weighted by atomic mass is 15.1. The summed E-state index contributed by atoms with van der Waals surface area (Å²) >= 11 is 0. The summed E-state index contributed by atoms with van der Waals surface area (Å²) in [7, 11) is 0. The maximum absolute atomic E-state index is 3.86. The molecule has 7 aromatic rings. The molecule has 1 heteroatoms. The molecular weight excluding hydrogens is 675 g/mol. The number of hydrogen-bond donors (Lipinski definition) is 0. The Labute approximate surface area is 332 Å². The molecule has 0 atom stereocenters.